The Bertz CT molecular complexity index is 345. The average Bonchev–Trinajstić information content (AvgIpc) is 2.47. The van der Waals surface area contributed by atoms with Crippen molar-refractivity contribution in [2.24, 2.45) is 0 Å². The van der Waals surface area contributed by atoms with E-state index in [1.54, 1.807) is 6.20 Å². The van der Waals surface area contributed by atoms with Crippen molar-refractivity contribution in [1.82, 2.24) is 14.6 Å². The van der Waals surface area contributed by atoms with Crippen molar-refractivity contribution in [1.29, 1.82) is 0 Å². The van der Waals surface area contributed by atoms with Gasteiger partial charge in [-0.05, 0) is 18.6 Å². The zero-order chi connectivity index (χ0) is 8.39. The molecule has 3 nitrogen and oxygen atoms in total. The molecule has 0 unspecified atom stereocenters. The lowest BCUT2D eigenvalue weighted by atomic mass is 10.3. The molecular formula is C9H11N3. The summed E-state index contributed by atoms with van der Waals surface area (Å²) >= 11 is 0. The second kappa shape index (κ2) is 2.93. The van der Waals surface area contributed by atoms with Gasteiger partial charge in [-0.25, -0.2) is 9.50 Å². The predicted octanol–water partition coefficient (Wildman–Crippen LogP) is 1.68. The minimum Gasteiger partial charge on any atom is -0.232 e. The lowest BCUT2D eigenvalue weighted by Crippen LogP contribution is -1.85. The summed E-state index contributed by atoms with van der Waals surface area (Å²) in [5, 5.41) is 4.14. The number of fused-ring (bicyclic) bond motifs is 1. The molecule has 2 heterocycles. The molecular weight excluding hydrogens is 150 g/mol. The Labute approximate surface area is 71.1 Å². The van der Waals surface area contributed by atoms with E-state index in [1.807, 2.05) is 22.8 Å². The van der Waals surface area contributed by atoms with Gasteiger partial charge in [-0.15, -0.1) is 0 Å². The average molecular weight is 161 g/mol. The maximum absolute atomic E-state index is 4.40. The van der Waals surface area contributed by atoms with Gasteiger partial charge < -0.3 is 0 Å². The van der Waals surface area contributed by atoms with Crippen molar-refractivity contribution in [3.05, 3.63) is 30.2 Å². The fourth-order valence-electron chi connectivity index (χ4n) is 1.26. The second-order valence-electron chi connectivity index (χ2n) is 2.81. The van der Waals surface area contributed by atoms with Crippen LogP contribution in [0.15, 0.2) is 24.5 Å². The van der Waals surface area contributed by atoms with Gasteiger partial charge in [-0.2, -0.15) is 5.10 Å². The van der Waals surface area contributed by atoms with Gasteiger partial charge in [0.1, 0.15) is 0 Å². The fraction of sp³-hybridized carbons (Fsp3) is 0.333. The first-order valence-electron chi connectivity index (χ1n) is 4.19. The van der Waals surface area contributed by atoms with Crippen LogP contribution in [0.4, 0.5) is 0 Å². The van der Waals surface area contributed by atoms with Gasteiger partial charge >= 0.3 is 0 Å². The first-order chi connectivity index (χ1) is 5.90. The van der Waals surface area contributed by atoms with Crippen molar-refractivity contribution in [2.75, 3.05) is 0 Å². The highest BCUT2D eigenvalue weighted by molar-refractivity contribution is 5.37. The summed E-state index contributed by atoms with van der Waals surface area (Å²) in [5.41, 5.74) is 2.05. The van der Waals surface area contributed by atoms with Gasteiger partial charge in [0.2, 0.25) is 0 Å². The van der Waals surface area contributed by atoms with Crippen molar-refractivity contribution in [3.8, 4) is 0 Å². The summed E-state index contributed by atoms with van der Waals surface area (Å²) in [4.78, 5) is 4.40. The number of aromatic nitrogens is 3. The maximum atomic E-state index is 4.40. The molecule has 0 radical (unpaired) electrons. The van der Waals surface area contributed by atoms with Crippen LogP contribution in [0, 0.1) is 0 Å². The molecule has 0 aliphatic heterocycles. The van der Waals surface area contributed by atoms with Crippen LogP contribution in [0.3, 0.4) is 0 Å². The highest BCUT2D eigenvalue weighted by Gasteiger charge is 1.98. The third-order valence-electron chi connectivity index (χ3n) is 1.79. The van der Waals surface area contributed by atoms with Crippen LogP contribution in [0.2, 0.25) is 0 Å². The Morgan fingerprint density at radius 2 is 2.42 bits per heavy atom. The second-order valence-corrected chi connectivity index (χ2v) is 2.81. The van der Waals surface area contributed by atoms with Gasteiger partial charge in [-0.3, -0.25) is 0 Å². The van der Waals surface area contributed by atoms with Gasteiger partial charge in [0.15, 0.2) is 5.65 Å². The summed E-state index contributed by atoms with van der Waals surface area (Å²) in [6, 6.07) is 3.87. The highest BCUT2D eigenvalue weighted by atomic mass is 15.2. The van der Waals surface area contributed by atoms with E-state index in [-0.39, 0.29) is 0 Å². The van der Waals surface area contributed by atoms with Gasteiger partial charge in [0, 0.05) is 6.20 Å². The zero-order valence-electron chi connectivity index (χ0n) is 7.07. The molecule has 0 atom stereocenters. The molecule has 0 bridgehead atoms. The molecule has 0 fully saturated rings. The normalized spacial score (nSPS) is 10.8. The predicted molar refractivity (Wildman–Crippen MR) is 47.0 cm³/mol. The Balaban J connectivity index is 2.47. The summed E-state index contributed by atoms with van der Waals surface area (Å²) in [6.07, 6.45) is 5.91. The summed E-state index contributed by atoms with van der Waals surface area (Å²) in [5.74, 6) is 0. The molecule has 2 aromatic rings. The molecule has 0 aromatic carbocycles. The van der Waals surface area contributed by atoms with Gasteiger partial charge in [0.05, 0.1) is 11.9 Å². The quantitative estimate of drug-likeness (QED) is 0.670. The van der Waals surface area contributed by atoms with Crippen LogP contribution in [-0.2, 0) is 6.42 Å². The number of aryl methyl sites for hydroxylation is 1. The molecule has 12 heavy (non-hydrogen) atoms. The molecule has 3 heteroatoms. The molecule has 0 saturated carbocycles. The van der Waals surface area contributed by atoms with Crippen LogP contribution in [-0.4, -0.2) is 14.6 Å². The minimum absolute atomic E-state index is 0.931. The Morgan fingerprint density at radius 3 is 3.17 bits per heavy atom. The summed E-state index contributed by atoms with van der Waals surface area (Å²) in [6.45, 7) is 2.15. The van der Waals surface area contributed by atoms with Crippen LogP contribution in [0.5, 0.6) is 0 Å². The van der Waals surface area contributed by atoms with E-state index in [2.05, 4.69) is 17.0 Å². The third-order valence-corrected chi connectivity index (χ3v) is 1.79. The molecule has 2 rings (SSSR count). The number of rotatable bonds is 2. The van der Waals surface area contributed by atoms with E-state index >= 15 is 0 Å². The van der Waals surface area contributed by atoms with Gasteiger partial charge in [0.25, 0.3) is 0 Å². The largest absolute Gasteiger partial charge is 0.232 e. The first-order valence-corrected chi connectivity index (χ1v) is 4.19. The topological polar surface area (TPSA) is 30.2 Å². The van der Waals surface area contributed by atoms with Crippen LogP contribution < -0.4 is 0 Å². The highest BCUT2D eigenvalue weighted by Crippen LogP contribution is 2.03. The van der Waals surface area contributed by atoms with Crippen molar-refractivity contribution < 1.29 is 0 Å². The van der Waals surface area contributed by atoms with E-state index in [0.29, 0.717) is 0 Å². The SMILES string of the molecule is CCCc1cn2ncccc2n1. The van der Waals surface area contributed by atoms with Crippen molar-refractivity contribution >= 4 is 5.65 Å². The number of imidazole rings is 1. The van der Waals surface area contributed by atoms with Crippen LogP contribution in [0.25, 0.3) is 5.65 Å². The smallest absolute Gasteiger partial charge is 0.153 e. The molecule has 2 aromatic heterocycles. The lowest BCUT2D eigenvalue weighted by Gasteiger charge is -1.85. The van der Waals surface area contributed by atoms with Crippen LogP contribution >= 0.6 is 0 Å². The summed E-state index contributed by atoms with van der Waals surface area (Å²) in [7, 11) is 0. The Hall–Kier alpha value is -1.38. The Kier molecular flexibility index (Phi) is 1.78. The maximum Gasteiger partial charge on any atom is 0.153 e. The Morgan fingerprint density at radius 1 is 1.50 bits per heavy atom. The molecule has 0 spiro atoms. The van der Waals surface area contributed by atoms with E-state index < -0.39 is 0 Å². The first kappa shape index (κ1) is 7.28. The van der Waals surface area contributed by atoms with Crippen molar-refractivity contribution in [3.63, 3.8) is 0 Å². The van der Waals surface area contributed by atoms with E-state index in [1.165, 1.54) is 0 Å². The van der Waals surface area contributed by atoms with Gasteiger partial charge in [-0.1, -0.05) is 13.3 Å². The van der Waals surface area contributed by atoms with E-state index in [4.69, 9.17) is 0 Å². The fourth-order valence-corrected chi connectivity index (χ4v) is 1.26. The monoisotopic (exact) mass is 161 g/mol. The van der Waals surface area contributed by atoms with E-state index in [9.17, 15) is 0 Å². The molecule has 0 saturated heterocycles. The van der Waals surface area contributed by atoms with E-state index in [0.717, 1.165) is 24.2 Å². The lowest BCUT2D eigenvalue weighted by molar-refractivity contribution is 0.885. The van der Waals surface area contributed by atoms with Crippen LogP contribution in [0.1, 0.15) is 19.0 Å². The molecule has 62 valence electrons. The molecule has 0 amide bonds. The molecule has 0 aliphatic carbocycles. The third kappa shape index (κ3) is 1.18. The number of hydrogen-bond donors (Lipinski definition) is 0. The van der Waals surface area contributed by atoms with Crippen molar-refractivity contribution in [2.45, 2.75) is 19.8 Å². The standard InChI is InChI=1S/C9H11N3/c1-2-4-8-7-12-9(11-8)5-3-6-10-12/h3,5-7H,2,4H2,1H3. The zero-order valence-corrected chi connectivity index (χ0v) is 7.07. The minimum atomic E-state index is 0.931. The number of hydrogen-bond acceptors (Lipinski definition) is 2. The summed E-state index contributed by atoms with van der Waals surface area (Å²) < 4.78 is 1.81. The molecule has 0 aliphatic rings. The molecule has 0 N–H and O–H groups in total. The number of nitrogens with zero attached hydrogens (tertiary/aromatic N) is 3.